The van der Waals surface area contributed by atoms with E-state index in [4.69, 9.17) is 29.6 Å². The Balaban J connectivity index is 2.27. The van der Waals surface area contributed by atoms with Gasteiger partial charge in [-0.3, -0.25) is 4.79 Å². The molecule has 1 aromatic rings. The molecule has 0 unspecified atom stereocenters. The van der Waals surface area contributed by atoms with Crippen molar-refractivity contribution in [3.05, 3.63) is 28.8 Å². The van der Waals surface area contributed by atoms with E-state index in [-0.39, 0.29) is 11.0 Å². The van der Waals surface area contributed by atoms with Gasteiger partial charge < -0.3 is 16.0 Å². The van der Waals surface area contributed by atoms with E-state index in [1.54, 1.807) is 18.2 Å². The number of carbonyl (C=O) groups excluding carboxylic acids is 1. The van der Waals surface area contributed by atoms with Crippen molar-refractivity contribution in [3.63, 3.8) is 0 Å². The summed E-state index contributed by atoms with van der Waals surface area (Å²) >= 11 is 10.8. The topological polar surface area (TPSA) is 58.4 Å². The molecule has 4 nitrogen and oxygen atoms in total. The Kier molecular flexibility index (Phi) is 4.61. The summed E-state index contributed by atoms with van der Waals surface area (Å²) in [6.45, 7) is 1.58. The smallest absolute Gasteiger partial charge is 0.256 e. The maximum atomic E-state index is 12.5. The summed E-state index contributed by atoms with van der Waals surface area (Å²) < 4.78 is 0. The number of rotatable bonds is 2. The molecule has 102 valence electrons. The van der Waals surface area contributed by atoms with Crippen molar-refractivity contribution in [1.82, 2.24) is 4.90 Å². The number of nitrogens with one attached hydrogen (secondary N) is 1. The number of hydrogen-bond acceptors (Lipinski definition) is 2. The van der Waals surface area contributed by atoms with Crippen LogP contribution in [0.4, 0.5) is 5.69 Å². The van der Waals surface area contributed by atoms with Crippen molar-refractivity contribution in [3.8, 4) is 0 Å². The van der Waals surface area contributed by atoms with Crippen molar-refractivity contribution in [2.24, 2.45) is 5.73 Å². The quantitative estimate of drug-likeness (QED) is 0.824. The lowest BCUT2D eigenvalue weighted by atomic mass is 10.1. The third-order valence-electron chi connectivity index (χ3n) is 3.11. The van der Waals surface area contributed by atoms with Crippen LogP contribution in [0.25, 0.3) is 0 Å². The minimum absolute atomic E-state index is 0.0269. The highest BCUT2D eigenvalue weighted by Gasteiger charge is 2.21. The maximum absolute atomic E-state index is 12.5. The van der Waals surface area contributed by atoms with E-state index < -0.39 is 0 Å². The lowest BCUT2D eigenvalue weighted by molar-refractivity contribution is 0.0725. The van der Waals surface area contributed by atoms with E-state index in [1.807, 2.05) is 4.90 Å². The normalized spacial score (nSPS) is 15.1. The molecule has 0 atom stereocenters. The Morgan fingerprint density at radius 2 is 2.00 bits per heavy atom. The van der Waals surface area contributed by atoms with Crippen molar-refractivity contribution in [2.45, 2.75) is 19.3 Å². The van der Waals surface area contributed by atoms with Crippen LogP contribution in [-0.2, 0) is 0 Å². The molecule has 0 aromatic heterocycles. The summed E-state index contributed by atoms with van der Waals surface area (Å²) in [6.07, 6.45) is 3.27. The highest BCUT2D eigenvalue weighted by molar-refractivity contribution is 7.80. The molecule has 1 heterocycles. The molecule has 6 heteroatoms. The number of thiocarbonyl (C=S) groups is 1. The predicted molar refractivity (Wildman–Crippen MR) is 81.6 cm³/mol. The summed E-state index contributed by atoms with van der Waals surface area (Å²) in [6, 6.07) is 5.08. The molecule has 0 radical (unpaired) electrons. The zero-order chi connectivity index (χ0) is 13.8. The summed E-state index contributed by atoms with van der Waals surface area (Å²) in [5.41, 5.74) is 6.59. The zero-order valence-corrected chi connectivity index (χ0v) is 12.1. The number of anilines is 1. The van der Waals surface area contributed by atoms with Gasteiger partial charge in [0.05, 0.1) is 11.3 Å². The van der Waals surface area contributed by atoms with Crippen molar-refractivity contribution in [1.29, 1.82) is 0 Å². The fraction of sp³-hybridized carbons (Fsp3) is 0.385. The Morgan fingerprint density at radius 1 is 1.32 bits per heavy atom. The molecule has 0 bridgehead atoms. The highest BCUT2D eigenvalue weighted by atomic mass is 35.5. The number of benzene rings is 1. The Morgan fingerprint density at radius 3 is 2.63 bits per heavy atom. The molecule has 0 saturated carbocycles. The molecule has 1 saturated heterocycles. The first-order chi connectivity index (χ1) is 9.08. The number of nitrogens with two attached hydrogens (primary N) is 1. The fourth-order valence-corrected chi connectivity index (χ4v) is 2.48. The van der Waals surface area contributed by atoms with Crippen molar-refractivity contribution in [2.75, 3.05) is 18.4 Å². The molecule has 1 aliphatic heterocycles. The van der Waals surface area contributed by atoms with Crippen LogP contribution in [0.2, 0.25) is 5.02 Å². The lowest BCUT2D eigenvalue weighted by Gasteiger charge is -2.27. The average molecular weight is 298 g/mol. The zero-order valence-electron chi connectivity index (χ0n) is 10.5. The van der Waals surface area contributed by atoms with E-state index in [1.165, 1.54) is 6.42 Å². The first-order valence-corrected chi connectivity index (χ1v) is 7.02. The second-order valence-corrected chi connectivity index (χ2v) is 5.41. The molecule has 3 N–H and O–H groups in total. The van der Waals surface area contributed by atoms with Gasteiger partial charge in [0.2, 0.25) is 0 Å². The van der Waals surface area contributed by atoms with Crippen LogP contribution in [0.15, 0.2) is 18.2 Å². The fourth-order valence-electron chi connectivity index (χ4n) is 2.20. The molecule has 0 aliphatic carbocycles. The van der Waals surface area contributed by atoms with E-state index in [2.05, 4.69) is 5.32 Å². The summed E-state index contributed by atoms with van der Waals surface area (Å²) in [5.74, 6) is -0.0269. The van der Waals surface area contributed by atoms with Crippen LogP contribution in [-0.4, -0.2) is 29.0 Å². The molecule has 1 amide bonds. The minimum atomic E-state index is -0.0269. The van der Waals surface area contributed by atoms with Gasteiger partial charge in [0.1, 0.15) is 0 Å². The van der Waals surface area contributed by atoms with Crippen LogP contribution < -0.4 is 11.1 Å². The summed E-state index contributed by atoms with van der Waals surface area (Å²) in [5, 5.41) is 3.48. The SMILES string of the molecule is NC(=S)Nc1ccc(Cl)cc1C(=O)N1CCCCC1. The third-order valence-corrected chi connectivity index (χ3v) is 3.45. The monoisotopic (exact) mass is 297 g/mol. The number of likely N-dealkylation sites (tertiary alicyclic amines) is 1. The van der Waals surface area contributed by atoms with Gasteiger partial charge in [-0.15, -0.1) is 0 Å². The number of hydrogen-bond donors (Lipinski definition) is 2. The minimum Gasteiger partial charge on any atom is -0.376 e. The Labute approximate surface area is 122 Å². The van der Waals surface area contributed by atoms with Crippen molar-refractivity contribution < 1.29 is 4.79 Å². The van der Waals surface area contributed by atoms with Gasteiger partial charge in [0.15, 0.2) is 5.11 Å². The van der Waals surface area contributed by atoms with Gasteiger partial charge in [0.25, 0.3) is 5.91 Å². The molecule has 1 aliphatic rings. The molecule has 1 fully saturated rings. The second kappa shape index (κ2) is 6.21. The average Bonchev–Trinajstić information content (AvgIpc) is 2.40. The largest absolute Gasteiger partial charge is 0.376 e. The van der Waals surface area contributed by atoms with E-state index in [9.17, 15) is 4.79 Å². The number of halogens is 1. The molecule has 0 spiro atoms. The lowest BCUT2D eigenvalue weighted by Crippen LogP contribution is -2.36. The Bertz CT molecular complexity index is 501. The van der Waals surface area contributed by atoms with Gasteiger partial charge in [-0.1, -0.05) is 11.6 Å². The van der Waals surface area contributed by atoms with Crippen LogP contribution in [0.5, 0.6) is 0 Å². The number of piperidine rings is 1. The first-order valence-electron chi connectivity index (χ1n) is 6.23. The maximum Gasteiger partial charge on any atom is 0.256 e. The highest BCUT2D eigenvalue weighted by Crippen LogP contribution is 2.23. The predicted octanol–water partition coefficient (Wildman–Crippen LogP) is 2.62. The molecular formula is C13H16ClN3OS. The van der Waals surface area contributed by atoms with Crippen LogP contribution in [0.1, 0.15) is 29.6 Å². The van der Waals surface area contributed by atoms with E-state index in [0.29, 0.717) is 16.3 Å². The van der Waals surface area contributed by atoms with Gasteiger partial charge in [-0.2, -0.15) is 0 Å². The van der Waals surface area contributed by atoms with Crippen molar-refractivity contribution >= 4 is 40.5 Å². The second-order valence-electron chi connectivity index (χ2n) is 4.53. The Hall–Kier alpha value is -1.33. The standard InChI is InChI=1S/C13H16ClN3OS/c14-9-4-5-11(16-13(15)19)10(8-9)12(18)17-6-2-1-3-7-17/h4-5,8H,1-3,6-7H2,(H3,15,16,19). The molecule has 19 heavy (non-hydrogen) atoms. The molecule has 2 rings (SSSR count). The van der Waals surface area contributed by atoms with Crippen LogP contribution in [0.3, 0.4) is 0 Å². The van der Waals surface area contributed by atoms with Gasteiger partial charge in [-0.25, -0.2) is 0 Å². The van der Waals surface area contributed by atoms with Gasteiger partial charge in [0, 0.05) is 18.1 Å². The molecular weight excluding hydrogens is 282 g/mol. The number of carbonyl (C=O) groups is 1. The van der Waals surface area contributed by atoms with Crippen LogP contribution >= 0.6 is 23.8 Å². The van der Waals surface area contributed by atoms with E-state index >= 15 is 0 Å². The number of amides is 1. The van der Waals surface area contributed by atoms with E-state index in [0.717, 1.165) is 25.9 Å². The summed E-state index contributed by atoms with van der Waals surface area (Å²) in [4.78, 5) is 14.3. The van der Waals surface area contributed by atoms with Crippen LogP contribution in [0, 0.1) is 0 Å². The van der Waals surface area contributed by atoms with Gasteiger partial charge >= 0.3 is 0 Å². The summed E-state index contributed by atoms with van der Waals surface area (Å²) in [7, 11) is 0. The number of nitrogens with zero attached hydrogens (tertiary/aromatic N) is 1. The third kappa shape index (κ3) is 3.58. The first kappa shape index (κ1) is 14.1. The van der Waals surface area contributed by atoms with Gasteiger partial charge in [-0.05, 0) is 49.7 Å². The molecule has 1 aromatic carbocycles.